The molecular weight excluding hydrogens is 1800 g/mol. The van der Waals surface area contributed by atoms with Crippen molar-refractivity contribution in [2.24, 2.45) is 11.7 Å². The fraction of sp³-hybridized carbons (Fsp3) is 0.481. The van der Waals surface area contributed by atoms with E-state index in [2.05, 4.69) is 41.0 Å². The Kier molecular flexibility index (Phi) is 55.4. The summed E-state index contributed by atoms with van der Waals surface area (Å²) in [5.74, 6) is 0.535. The molecule has 0 radical (unpaired) electrons. The number of likely N-dealkylation sites (tertiary alicyclic amines) is 1. The predicted octanol–water partition coefficient (Wildman–Crippen LogP) is 5.09. The number of nitrogens with zero attached hydrogens (tertiary/aromatic N) is 3. The second-order valence-electron chi connectivity index (χ2n) is 12.3. The summed E-state index contributed by atoms with van der Waals surface area (Å²) < 4.78 is 0. The quantitative estimate of drug-likeness (QED) is 0.438. The summed E-state index contributed by atoms with van der Waals surface area (Å²) in [7, 11) is 69.2. The van der Waals surface area contributed by atoms with Gasteiger partial charge in [0.25, 0.3) is 0 Å². The highest BCUT2D eigenvalue weighted by molar-refractivity contribution is 8.81. The normalized spacial score (nSPS) is 13.3. The lowest BCUT2D eigenvalue weighted by Crippen LogP contribution is -2.56. The first-order valence-electron chi connectivity index (χ1n) is 19.1. The minimum absolute atomic E-state index is 0.0639. The summed E-state index contributed by atoms with van der Waals surface area (Å²) >= 11 is 21.9. The van der Waals surface area contributed by atoms with E-state index in [0.29, 0.717) is 42.0 Å². The zero-order valence-electron chi connectivity index (χ0n) is 36.9. The lowest BCUT2D eigenvalue weighted by Gasteiger charge is -2.45. The molecule has 434 valence electrons. The van der Waals surface area contributed by atoms with Crippen molar-refractivity contribution in [2.45, 2.75) is 44.7 Å². The highest BCUT2D eigenvalue weighted by Crippen LogP contribution is 2.33. The number of benzene rings is 2. The molecule has 0 spiro atoms. The molecule has 0 unspecified atom stereocenters. The molecule has 1 atom stereocenters. The highest BCUT2D eigenvalue weighted by Gasteiger charge is 2.35. The standard InChI is InChI=1S/C27H34Cl2N4O2.S41/c1-2-24-18-32(15-16-33(24)25(34)17-19-11-13-31(14-12-19)27(30)35)26(20-3-7-22(28)8-4-20)21-5-9-23(29)10-6-21;1-3-5-7-9-11-13-15-17-19-21-23-25-27-29-31-33-35-37-39-41-40-38-36-34-32-30-28-26-24-22-20-18-16-14-12-10-8-6-4-2/h3-10,19,24,26H,2,11-18H2,1H3,(H2,30,35);/t24-;/m0./s1. The molecule has 2 aliphatic rings. The van der Waals surface area contributed by atoms with Gasteiger partial charge in [0.05, 0.1) is 6.04 Å². The lowest BCUT2D eigenvalue weighted by atomic mass is 9.92. The largest absolute Gasteiger partial charge is 0.351 e. The van der Waals surface area contributed by atoms with Gasteiger partial charge in [-0.05, 0) is 60.6 Å². The Bertz CT molecular complexity index is 4010. The molecule has 2 saturated heterocycles. The molecule has 2 aromatic carbocycles. The van der Waals surface area contributed by atoms with Crippen molar-refractivity contribution < 1.29 is 9.59 Å². The van der Waals surface area contributed by atoms with Crippen LogP contribution in [-0.2, 0) is 374 Å². The number of primary amides is 1. The fourth-order valence-corrected chi connectivity index (χ4v) is 108. The maximum Gasteiger partial charge on any atom is 0.314 e. The number of carbonyl (C=O) groups is 2. The smallest absolute Gasteiger partial charge is 0.314 e. The Balaban J connectivity index is 0.000000404. The first-order chi connectivity index (χ1) is 37.3. The summed E-state index contributed by atoms with van der Waals surface area (Å²) in [6.45, 7) is 5.73. The molecule has 0 aromatic heterocycles. The fourth-order valence-electron chi connectivity index (χ4n) is 5.84. The van der Waals surface area contributed by atoms with Gasteiger partial charge in [-0.15, -0.1) is 0 Å². The van der Waals surface area contributed by atoms with E-state index in [1.807, 2.05) is 246 Å². The minimum Gasteiger partial charge on any atom is -0.351 e. The van der Waals surface area contributed by atoms with Crippen molar-refractivity contribution in [3.8, 4) is 0 Å². The maximum atomic E-state index is 13.3. The minimum atomic E-state index is -0.368. The number of urea groups is 1. The second kappa shape index (κ2) is 54.7. The van der Waals surface area contributed by atoms with Gasteiger partial charge in [-0.3, -0.25) is 9.69 Å². The first kappa shape index (κ1) is 77.0. The van der Waals surface area contributed by atoms with E-state index in [0.717, 1.165) is 32.4 Å². The summed E-state index contributed by atoms with van der Waals surface area (Å²) in [5, 5.41) is 1.43. The molecule has 76 heavy (non-hydrogen) atoms. The monoisotopic (exact) mass is 1830 g/mol. The molecule has 0 bridgehead atoms. The zero-order chi connectivity index (χ0) is 54.5. The van der Waals surface area contributed by atoms with Crippen LogP contribution in [0.25, 0.3) is 0 Å². The van der Waals surface area contributed by atoms with Crippen molar-refractivity contribution in [3.05, 3.63) is 69.7 Å². The molecule has 6 nitrogen and oxygen atoms in total. The van der Waals surface area contributed by atoms with Crippen LogP contribution in [0.5, 0.6) is 0 Å². The van der Waals surface area contributed by atoms with E-state index < -0.39 is 0 Å². The highest BCUT2D eigenvalue weighted by atomic mass is 35.5. The van der Waals surface area contributed by atoms with Crippen LogP contribution in [0.15, 0.2) is 48.5 Å². The van der Waals surface area contributed by atoms with Gasteiger partial charge in [0, 0.05) is 424 Å². The van der Waals surface area contributed by atoms with Gasteiger partial charge < -0.3 is 15.5 Å². The average molecular weight is 1830 g/mol. The molecule has 0 aliphatic carbocycles. The Morgan fingerprint density at radius 2 is 0.776 bits per heavy atom. The Labute approximate surface area is 574 Å². The number of halogens is 2. The van der Waals surface area contributed by atoms with Gasteiger partial charge in [-0.1, -0.05) is 54.4 Å². The Morgan fingerprint density at radius 3 is 1.04 bits per heavy atom. The SMILES string of the molecule is CC[C@H]1CN(C(c2ccc(Cl)cc2)c2ccc(Cl)cc2)CCN1C(=O)CC1CCN(C(N)=O)CC1.S=S=S=S=S=S=S=S=S=S=S=S=S=S=S=S=S=S=S=S=S=S=S=S=S=S=S=S=S=S=S=S=S=S=S=S=S=S=S=S=S. The molecular formula is C27H34Cl2N4O2S41. The third-order valence-corrected chi connectivity index (χ3v) is 93.4. The average Bonchev–Trinajstić information content (AvgIpc) is 3.43. The Hall–Kier alpha value is 6.74. The van der Waals surface area contributed by atoms with Crippen molar-refractivity contribution in [3.63, 3.8) is 0 Å². The van der Waals surface area contributed by atoms with Gasteiger partial charge in [0.2, 0.25) is 5.91 Å². The molecule has 2 fully saturated rings. The van der Waals surface area contributed by atoms with Crippen LogP contribution in [0.2, 0.25) is 10.0 Å². The van der Waals surface area contributed by atoms with Gasteiger partial charge in [-0.25, -0.2) is 4.79 Å². The Morgan fingerprint density at radius 1 is 0.487 bits per heavy atom. The molecule has 2 aromatic rings. The van der Waals surface area contributed by atoms with E-state index in [-0.39, 0.29) is 24.0 Å². The van der Waals surface area contributed by atoms with Crippen LogP contribution >= 0.6 is 23.2 Å². The predicted molar refractivity (Wildman–Crippen MR) is 443 cm³/mol. The summed E-state index contributed by atoms with van der Waals surface area (Å²) in [6, 6.07) is 15.9. The van der Waals surface area contributed by atoms with E-state index in [1.54, 1.807) is 111 Å². The number of amides is 3. The maximum absolute atomic E-state index is 13.3. The van der Waals surface area contributed by atoms with Crippen molar-refractivity contribution >= 4 is 404 Å². The number of rotatable bonds is 6. The van der Waals surface area contributed by atoms with Crippen LogP contribution in [0.3, 0.4) is 0 Å². The van der Waals surface area contributed by atoms with Crippen LogP contribution in [0, 0.1) is 5.92 Å². The second-order valence-corrected chi connectivity index (χ2v) is 82.1. The van der Waals surface area contributed by atoms with Gasteiger partial charge >= 0.3 is 6.03 Å². The lowest BCUT2D eigenvalue weighted by molar-refractivity contribution is -0.138. The summed E-state index contributed by atoms with van der Waals surface area (Å²) in [5.41, 5.74) is 7.74. The zero-order valence-corrected chi connectivity index (χ0v) is 71.9. The molecule has 2 aliphatic heterocycles. The van der Waals surface area contributed by atoms with Crippen molar-refractivity contribution in [1.82, 2.24) is 14.7 Å². The third kappa shape index (κ3) is 39.7. The van der Waals surface area contributed by atoms with E-state index >= 15 is 0 Å². The van der Waals surface area contributed by atoms with Crippen LogP contribution in [0.4, 0.5) is 4.79 Å². The third-order valence-electron chi connectivity index (χ3n) is 8.49. The van der Waals surface area contributed by atoms with Crippen molar-refractivity contribution in [2.75, 3.05) is 32.7 Å². The van der Waals surface area contributed by atoms with Crippen molar-refractivity contribution in [1.29, 1.82) is 0 Å². The van der Waals surface area contributed by atoms with Crippen LogP contribution in [-0.4, -0.2) is 65.4 Å². The van der Waals surface area contributed by atoms with Crippen LogP contribution in [0.1, 0.15) is 49.8 Å². The van der Waals surface area contributed by atoms with Gasteiger partial charge in [-0.2, -0.15) is 0 Å². The molecule has 3 amide bonds. The summed E-state index contributed by atoms with van der Waals surface area (Å²) in [6.07, 6.45) is 3.11. The number of hydrogen-bond donors (Lipinski definition) is 1. The number of piperazine rings is 1. The van der Waals surface area contributed by atoms with Crippen LogP contribution < -0.4 is 5.73 Å². The van der Waals surface area contributed by atoms with Gasteiger partial charge in [0.15, 0.2) is 0 Å². The number of carbonyl (C=O) groups excluding carboxylic acids is 2. The van der Waals surface area contributed by atoms with E-state index in [1.165, 1.54) is 28.9 Å². The summed E-state index contributed by atoms with van der Waals surface area (Å²) in [4.78, 5) is 30.9. The number of nitrogens with two attached hydrogens (primary N) is 1. The molecule has 2 N–H and O–H groups in total. The molecule has 4 rings (SSSR count). The molecule has 2 heterocycles. The van der Waals surface area contributed by atoms with E-state index in [4.69, 9.17) is 51.3 Å². The molecule has 0 saturated carbocycles. The number of piperidine rings is 1. The van der Waals surface area contributed by atoms with E-state index in [9.17, 15) is 9.59 Å². The van der Waals surface area contributed by atoms with Gasteiger partial charge in [0.1, 0.15) is 0 Å². The first-order valence-corrected chi connectivity index (χ1v) is 73.2. The molecule has 49 heteroatoms. The topological polar surface area (TPSA) is 69.9 Å². The number of hydrogen-bond acceptors (Lipinski definition) is 5.